The zero-order chi connectivity index (χ0) is 20.6. The van der Waals surface area contributed by atoms with Gasteiger partial charge >= 0.3 is 5.97 Å². The lowest BCUT2D eigenvalue weighted by atomic mass is 10.1. The van der Waals surface area contributed by atoms with Gasteiger partial charge in [-0.3, -0.25) is 19.4 Å². The highest BCUT2D eigenvalue weighted by Gasteiger charge is 2.13. The fourth-order valence-electron chi connectivity index (χ4n) is 2.62. The molecule has 0 aliphatic carbocycles. The van der Waals surface area contributed by atoms with Crippen LogP contribution >= 0.6 is 11.3 Å². The summed E-state index contributed by atoms with van der Waals surface area (Å²) in [4.78, 5) is 48.3. The van der Waals surface area contributed by atoms with Gasteiger partial charge in [-0.2, -0.15) is 0 Å². The highest BCUT2D eigenvalue weighted by molar-refractivity contribution is 7.09. The number of nitrogens with zero attached hydrogens (tertiary/aromatic N) is 2. The topological polar surface area (TPSA) is 114 Å². The highest BCUT2D eigenvalue weighted by atomic mass is 32.1. The minimum atomic E-state index is -0.552. The van der Waals surface area contributed by atoms with Crippen LogP contribution in [0.15, 0.2) is 46.7 Å². The molecule has 0 aliphatic heterocycles. The number of ether oxygens (including phenoxy) is 1. The van der Waals surface area contributed by atoms with E-state index in [-0.39, 0.29) is 30.9 Å². The molecule has 3 heterocycles. The molecular weight excluding hydrogens is 392 g/mol. The van der Waals surface area contributed by atoms with Crippen LogP contribution in [0.1, 0.15) is 22.6 Å². The molecule has 0 unspecified atom stereocenters. The summed E-state index contributed by atoms with van der Waals surface area (Å²) in [5.41, 5.74) is 1.17. The summed E-state index contributed by atoms with van der Waals surface area (Å²) in [6, 6.07) is 9.13. The van der Waals surface area contributed by atoms with Crippen molar-refractivity contribution < 1.29 is 14.3 Å². The van der Waals surface area contributed by atoms with Crippen LogP contribution in [0.25, 0.3) is 11.5 Å². The molecule has 0 aliphatic rings. The smallest absolute Gasteiger partial charge is 0.306 e. The molecule has 3 rings (SSSR count). The Kier molecular flexibility index (Phi) is 6.85. The predicted octanol–water partition coefficient (Wildman–Crippen LogP) is 1.99. The van der Waals surface area contributed by atoms with Crippen molar-refractivity contribution in [2.24, 2.45) is 0 Å². The van der Waals surface area contributed by atoms with Crippen LogP contribution in [0.4, 0.5) is 0 Å². The van der Waals surface area contributed by atoms with Gasteiger partial charge in [-0.05, 0) is 36.9 Å². The Balaban J connectivity index is 1.49. The number of pyridine rings is 1. The van der Waals surface area contributed by atoms with Crippen LogP contribution in [-0.2, 0) is 27.3 Å². The van der Waals surface area contributed by atoms with Crippen LogP contribution in [-0.4, -0.2) is 33.4 Å². The number of hydrogen-bond donors (Lipinski definition) is 2. The summed E-state index contributed by atoms with van der Waals surface area (Å²) >= 11 is 1.53. The molecule has 0 spiro atoms. The van der Waals surface area contributed by atoms with E-state index < -0.39 is 5.97 Å². The second-order valence-electron chi connectivity index (χ2n) is 6.21. The largest absolute Gasteiger partial charge is 0.456 e. The number of aryl methyl sites for hydroxylation is 1. The number of hydrogen-bond acceptors (Lipinski definition) is 7. The number of thiophene rings is 1. The Morgan fingerprint density at radius 1 is 1.24 bits per heavy atom. The standard InChI is InChI=1S/C20H20N4O4S/c1-13-15(20(27)24-19(23-13)16-6-2-3-9-21-16)7-8-18(26)28-12-17(25)22-11-14-5-4-10-29-14/h2-6,9-10H,7-8,11-12H2,1H3,(H,22,25)(H,23,24,27). The van der Waals surface area contributed by atoms with E-state index in [2.05, 4.69) is 20.3 Å². The number of amides is 1. The number of esters is 1. The first kappa shape index (κ1) is 20.4. The second-order valence-corrected chi connectivity index (χ2v) is 7.24. The Labute approximate surface area is 171 Å². The second kappa shape index (κ2) is 9.74. The minimum absolute atomic E-state index is 0.0211. The molecule has 9 heteroatoms. The Morgan fingerprint density at radius 2 is 2.10 bits per heavy atom. The van der Waals surface area contributed by atoms with E-state index in [1.54, 1.807) is 31.3 Å². The fraction of sp³-hybridized carbons (Fsp3) is 0.250. The normalized spacial score (nSPS) is 10.5. The summed E-state index contributed by atoms with van der Waals surface area (Å²) in [5.74, 6) is -0.548. The first-order chi connectivity index (χ1) is 14.0. The fourth-order valence-corrected chi connectivity index (χ4v) is 3.27. The number of nitrogens with one attached hydrogen (secondary N) is 2. The van der Waals surface area contributed by atoms with Crippen molar-refractivity contribution in [1.29, 1.82) is 0 Å². The van der Waals surface area contributed by atoms with Gasteiger partial charge in [-0.1, -0.05) is 12.1 Å². The van der Waals surface area contributed by atoms with Crippen LogP contribution in [0.2, 0.25) is 0 Å². The summed E-state index contributed by atoms with van der Waals surface area (Å²) in [7, 11) is 0. The SMILES string of the molecule is Cc1nc(-c2ccccn2)[nH]c(=O)c1CCC(=O)OCC(=O)NCc1cccs1. The third kappa shape index (κ3) is 5.82. The Morgan fingerprint density at radius 3 is 2.79 bits per heavy atom. The summed E-state index contributed by atoms with van der Waals surface area (Å²) in [5, 5.41) is 4.60. The first-order valence-corrected chi connectivity index (χ1v) is 9.87. The van der Waals surface area contributed by atoms with Crippen molar-refractivity contribution in [1.82, 2.24) is 20.3 Å². The lowest BCUT2D eigenvalue weighted by Crippen LogP contribution is -2.28. The molecule has 8 nitrogen and oxygen atoms in total. The van der Waals surface area contributed by atoms with Crippen molar-refractivity contribution in [3.63, 3.8) is 0 Å². The molecule has 150 valence electrons. The molecule has 2 N–H and O–H groups in total. The average molecular weight is 412 g/mol. The molecule has 3 aromatic rings. The van der Waals surface area contributed by atoms with E-state index >= 15 is 0 Å². The molecule has 0 bridgehead atoms. The number of H-pyrrole nitrogens is 1. The van der Waals surface area contributed by atoms with Crippen molar-refractivity contribution in [3.8, 4) is 11.5 Å². The maximum atomic E-state index is 12.4. The Bertz CT molecular complexity index is 1030. The van der Waals surface area contributed by atoms with Crippen LogP contribution in [0, 0.1) is 6.92 Å². The van der Waals surface area contributed by atoms with E-state index in [9.17, 15) is 14.4 Å². The lowest BCUT2D eigenvalue weighted by Gasteiger charge is -2.08. The maximum absolute atomic E-state index is 12.4. The number of aromatic nitrogens is 3. The van der Waals surface area contributed by atoms with Gasteiger partial charge in [0.2, 0.25) is 0 Å². The summed E-state index contributed by atoms with van der Waals surface area (Å²) in [6.45, 7) is 1.76. The summed E-state index contributed by atoms with van der Waals surface area (Å²) < 4.78 is 4.98. The third-order valence-corrected chi connectivity index (χ3v) is 4.99. The Hall–Kier alpha value is -3.33. The molecule has 0 radical (unpaired) electrons. The van der Waals surface area contributed by atoms with Crippen molar-refractivity contribution >= 4 is 23.2 Å². The predicted molar refractivity (Wildman–Crippen MR) is 108 cm³/mol. The van der Waals surface area contributed by atoms with E-state index in [0.717, 1.165) is 4.88 Å². The zero-order valence-corrected chi connectivity index (χ0v) is 16.6. The molecule has 0 fully saturated rings. The van der Waals surface area contributed by atoms with Gasteiger partial charge in [-0.25, -0.2) is 4.98 Å². The van der Waals surface area contributed by atoms with Gasteiger partial charge in [0.25, 0.3) is 11.5 Å². The maximum Gasteiger partial charge on any atom is 0.306 e. The van der Waals surface area contributed by atoms with E-state index in [1.165, 1.54) is 11.3 Å². The average Bonchev–Trinajstić information content (AvgIpc) is 3.24. The van der Waals surface area contributed by atoms with Gasteiger partial charge < -0.3 is 15.0 Å². The van der Waals surface area contributed by atoms with Crippen LogP contribution < -0.4 is 10.9 Å². The van der Waals surface area contributed by atoms with Gasteiger partial charge in [0.05, 0.1) is 6.54 Å². The molecule has 1 amide bonds. The van der Waals surface area contributed by atoms with Gasteiger partial charge in [-0.15, -0.1) is 11.3 Å². The first-order valence-electron chi connectivity index (χ1n) is 8.99. The molecule has 0 saturated heterocycles. The van der Waals surface area contributed by atoms with Crippen molar-refractivity contribution in [3.05, 3.63) is 68.4 Å². The number of rotatable bonds is 8. The van der Waals surface area contributed by atoms with Crippen molar-refractivity contribution in [2.75, 3.05) is 6.61 Å². The molecule has 29 heavy (non-hydrogen) atoms. The molecule has 0 saturated carbocycles. The van der Waals surface area contributed by atoms with E-state index in [1.807, 2.05) is 17.5 Å². The van der Waals surface area contributed by atoms with E-state index in [4.69, 9.17) is 4.74 Å². The third-order valence-electron chi connectivity index (χ3n) is 4.11. The van der Waals surface area contributed by atoms with Crippen LogP contribution in [0.3, 0.4) is 0 Å². The molecular formula is C20H20N4O4S. The lowest BCUT2D eigenvalue weighted by molar-refractivity contribution is -0.148. The quantitative estimate of drug-likeness (QED) is 0.547. The van der Waals surface area contributed by atoms with Gasteiger partial charge in [0.15, 0.2) is 12.4 Å². The monoisotopic (exact) mass is 412 g/mol. The van der Waals surface area contributed by atoms with Crippen LogP contribution in [0.5, 0.6) is 0 Å². The number of carbonyl (C=O) groups is 2. The molecule has 0 atom stereocenters. The van der Waals surface area contributed by atoms with E-state index in [0.29, 0.717) is 29.3 Å². The molecule has 3 aromatic heterocycles. The number of aromatic amines is 1. The zero-order valence-electron chi connectivity index (χ0n) is 15.8. The number of carbonyl (C=O) groups excluding carboxylic acids is 2. The van der Waals surface area contributed by atoms with Gasteiger partial charge in [0.1, 0.15) is 5.69 Å². The minimum Gasteiger partial charge on any atom is -0.456 e. The van der Waals surface area contributed by atoms with Gasteiger partial charge in [0, 0.05) is 28.8 Å². The summed E-state index contributed by atoms with van der Waals surface area (Å²) in [6.07, 6.45) is 1.77. The van der Waals surface area contributed by atoms with Crippen molar-refractivity contribution in [2.45, 2.75) is 26.3 Å². The highest BCUT2D eigenvalue weighted by Crippen LogP contribution is 2.12. The molecule has 0 aromatic carbocycles.